The van der Waals surface area contributed by atoms with E-state index in [-0.39, 0.29) is 39.6 Å². The van der Waals surface area contributed by atoms with Gasteiger partial charge in [0.05, 0.1) is 19.8 Å². The number of carbonyl (C=O) groups is 2. The lowest BCUT2D eigenvalue weighted by atomic mass is 10.2. The Morgan fingerprint density at radius 2 is 1.35 bits per heavy atom. The number of carbonyl (C=O) groups excluding carboxylic acids is 2. The lowest BCUT2D eigenvalue weighted by Crippen LogP contribution is -2.26. The van der Waals surface area contributed by atoms with E-state index in [2.05, 4.69) is 10.0 Å². The van der Waals surface area contributed by atoms with Crippen LogP contribution in [0.25, 0.3) is 10.4 Å². The average Bonchev–Trinajstić information content (AvgIpc) is 2.44. The van der Waals surface area contributed by atoms with E-state index in [1.54, 1.807) is 41.5 Å². The van der Waals surface area contributed by atoms with Crippen LogP contribution in [0.4, 0.5) is 0 Å². The summed E-state index contributed by atoms with van der Waals surface area (Å²) in [5.41, 5.74) is 6.97. The fourth-order valence-electron chi connectivity index (χ4n) is 1.27. The molecular weight excluding hydrogens is 346 g/mol. The third-order valence-corrected chi connectivity index (χ3v) is 1.91. The molecule has 0 fully saturated rings. The summed E-state index contributed by atoms with van der Waals surface area (Å²) < 4.78 is 19.6. The second kappa shape index (κ2) is 14.3. The van der Waals surface area contributed by atoms with Crippen LogP contribution in [-0.2, 0) is 28.5 Å². The first kappa shape index (κ1) is 26.4. The predicted octanol–water partition coefficient (Wildman–Crippen LogP) is 1.99. The van der Waals surface area contributed by atoms with Crippen molar-refractivity contribution >= 4 is 11.9 Å². The monoisotopic (exact) mass is 377 g/mol. The fourth-order valence-corrected chi connectivity index (χ4v) is 1.27. The summed E-state index contributed by atoms with van der Waals surface area (Å²) in [4.78, 5) is 24.5. The molecule has 0 aliphatic carbocycles. The van der Waals surface area contributed by atoms with Crippen LogP contribution in [0.15, 0.2) is 5.11 Å². The zero-order valence-electron chi connectivity index (χ0n) is 16.5. The lowest BCUT2D eigenvalue weighted by molar-refractivity contribution is -0.161. The second-order valence-electron chi connectivity index (χ2n) is 6.96. The average molecular weight is 377 g/mol. The molecule has 0 aromatic carbocycles. The summed E-state index contributed by atoms with van der Waals surface area (Å²) >= 11 is 0. The Labute approximate surface area is 154 Å². The summed E-state index contributed by atoms with van der Waals surface area (Å²) in [6.07, 6.45) is 0. The Kier molecular flexibility index (Phi) is 14.5. The largest absolute Gasteiger partial charge is 0.458 e. The normalized spacial score (nSPS) is 10.9. The molecule has 0 saturated heterocycles. The highest BCUT2D eigenvalue weighted by atomic mass is 16.6. The van der Waals surface area contributed by atoms with Gasteiger partial charge in [0.15, 0.2) is 0 Å². The highest BCUT2D eigenvalue weighted by molar-refractivity contribution is 5.71. The van der Waals surface area contributed by atoms with Crippen LogP contribution in [0.5, 0.6) is 0 Å². The third-order valence-electron chi connectivity index (χ3n) is 1.91. The van der Waals surface area contributed by atoms with Gasteiger partial charge < -0.3 is 24.1 Å². The molecule has 152 valence electrons. The maximum atomic E-state index is 11.0. The van der Waals surface area contributed by atoms with Crippen LogP contribution < -0.4 is 0 Å². The minimum absolute atomic E-state index is 0.0806. The van der Waals surface area contributed by atoms with Gasteiger partial charge in [-0.2, -0.15) is 0 Å². The number of aliphatic hydroxyl groups is 1. The molecule has 0 bridgehead atoms. The highest BCUT2D eigenvalue weighted by Crippen LogP contribution is 2.07. The Balaban J connectivity index is 0. The zero-order chi connectivity index (χ0) is 20.6. The number of esters is 2. The van der Waals surface area contributed by atoms with Gasteiger partial charge in [0, 0.05) is 11.5 Å². The first-order chi connectivity index (χ1) is 11.9. The van der Waals surface area contributed by atoms with Crippen molar-refractivity contribution < 1.29 is 33.6 Å². The molecule has 10 heteroatoms. The minimum Gasteiger partial charge on any atom is -0.458 e. The Hall–Kier alpha value is -1.87. The van der Waals surface area contributed by atoms with E-state index in [0.29, 0.717) is 0 Å². The Bertz CT molecular complexity index is 450. The first-order valence-corrected chi connectivity index (χ1v) is 8.12. The minimum atomic E-state index is -0.495. The quantitative estimate of drug-likeness (QED) is 0.213. The molecule has 0 saturated carbocycles. The summed E-state index contributed by atoms with van der Waals surface area (Å²) in [7, 11) is 0. The molecule has 0 amide bonds. The smallest absolute Gasteiger partial charge is 0.332 e. The van der Waals surface area contributed by atoms with Crippen LogP contribution in [0.1, 0.15) is 41.5 Å². The van der Waals surface area contributed by atoms with E-state index in [1.165, 1.54) is 0 Å². The third kappa shape index (κ3) is 24.4. The van der Waals surface area contributed by atoms with Crippen molar-refractivity contribution in [1.82, 2.24) is 0 Å². The second-order valence-corrected chi connectivity index (χ2v) is 6.96. The number of aliphatic hydroxyl groups excluding tert-OH is 1. The van der Waals surface area contributed by atoms with Crippen LogP contribution in [0, 0.1) is 0 Å². The van der Waals surface area contributed by atoms with Crippen LogP contribution in [0.2, 0.25) is 0 Å². The molecule has 10 nitrogen and oxygen atoms in total. The SMILES string of the molecule is CC(C)(C)OC(=O)COCCN=[N+]=[N-].CC(C)(C)OC(=O)COCCO. The van der Waals surface area contributed by atoms with E-state index in [0.717, 1.165) is 0 Å². The predicted molar refractivity (Wildman–Crippen MR) is 94.4 cm³/mol. The van der Waals surface area contributed by atoms with Gasteiger partial charge in [-0.3, -0.25) is 0 Å². The Morgan fingerprint density at radius 1 is 0.923 bits per heavy atom. The van der Waals surface area contributed by atoms with Crippen LogP contribution >= 0.6 is 0 Å². The molecule has 1 N–H and O–H groups in total. The molecule has 0 aliphatic rings. The van der Waals surface area contributed by atoms with Gasteiger partial charge in [0.25, 0.3) is 0 Å². The molecule has 0 heterocycles. The van der Waals surface area contributed by atoms with Gasteiger partial charge in [-0.15, -0.1) is 0 Å². The van der Waals surface area contributed by atoms with Gasteiger partial charge in [0.1, 0.15) is 24.4 Å². The number of hydrogen-bond donors (Lipinski definition) is 1. The molecule has 26 heavy (non-hydrogen) atoms. The van der Waals surface area contributed by atoms with Gasteiger partial charge >= 0.3 is 11.9 Å². The molecular formula is C16H31N3O7. The molecule has 0 aliphatic heterocycles. The van der Waals surface area contributed by atoms with Gasteiger partial charge in [-0.05, 0) is 47.1 Å². The van der Waals surface area contributed by atoms with Crippen molar-refractivity contribution in [3.8, 4) is 0 Å². The van der Waals surface area contributed by atoms with Crippen molar-refractivity contribution in [2.45, 2.75) is 52.7 Å². The number of nitrogens with zero attached hydrogens (tertiary/aromatic N) is 3. The van der Waals surface area contributed by atoms with E-state index < -0.39 is 23.1 Å². The number of rotatable bonds is 9. The number of hydrogen-bond acceptors (Lipinski definition) is 8. The molecule has 0 spiro atoms. The lowest BCUT2D eigenvalue weighted by Gasteiger charge is -2.19. The Morgan fingerprint density at radius 3 is 1.69 bits per heavy atom. The number of azide groups is 1. The van der Waals surface area contributed by atoms with Crippen LogP contribution in [-0.4, -0.2) is 67.8 Å². The molecule has 0 radical (unpaired) electrons. The molecule has 0 aromatic heterocycles. The summed E-state index contributed by atoms with van der Waals surface area (Å²) in [5.74, 6) is -0.825. The van der Waals surface area contributed by atoms with Crippen molar-refractivity contribution in [1.29, 1.82) is 0 Å². The molecule has 0 rings (SSSR count). The van der Waals surface area contributed by atoms with E-state index in [4.69, 9.17) is 29.6 Å². The van der Waals surface area contributed by atoms with E-state index in [9.17, 15) is 9.59 Å². The van der Waals surface area contributed by atoms with E-state index >= 15 is 0 Å². The van der Waals surface area contributed by atoms with Gasteiger partial charge in [-0.25, -0.2) is 9.59 Å². The van der Waals surface area contributed by atoms with Crippen molar-refractivity contribution in [3.05, 3.63) is 10.4 Å². The van der Waals surface area contributed by atoms with Crippen molar-refractivity contribution in [2.24, 2.45) is 5.11 Å². The summed E-state index contributed by atoms with van der Waals surface area (Å²) in [6.45, 7) is 11.0. The molecule has 0 atom stereocenters. The van der Waals surface area contributed by atoms with Gasteiger partial charge in [-0.1, -0.05) is 5.11 Å². The molecule has 0 unspecified atom stereocenters. The van der Waals surface area contributed by atoms with Crippen molar-refractivity contribution in [3.63, 3.8) is 0 Å². The maximum Gasteiger partial charge on any atom is 0.332 e. The van der Waals surface area contributed by atoms with E-state index in [1.807, 2.05) is 0 Å². The fraction of sp³-hybridized carbons (Fsp3) is 0.875. The summed E-state index contributed by atoms with van der Waals surface area (Å²) in [6, 6.07) is 0. The van der Waals surface area contributed by atoms with Crippen molar-refractivity contribution in [2.75, 3.05) is 39.6 Å². The molecule has 0 aromatic rings. The first-order valence-electron chi connectivity index (χ1n) is 8.12. The summed E-state index contributed by atoms with van der Waals surface area (Å²) in [5, 5.41) is 11.6. The highest BCUT2D eigenvalue weighted by Gasteiger charge is 2.16. The van der Waals surface area contributed by atoms with Crippen LogP contribution in [0.3, 0.4) is 0 Å². The van der Waals surface area contributed by atoms with Gasteiger partial charge in [0.2, 0.25) is 0 Å². The zero-order valence-corrected chi connectivity index (χ0v) is 16.5. The maximum absolute atomic E-state index is 11.0. The number of ether oxygens (including phenoxy) is 4. The topological polar surface area (TPSA) is 140 Å². The standard InChI is InChI=1S/C8H15N3O3.C8H16O4/c1-8(2,3)14-7(12)6-13-5-4-10-11-9;1-8(2,3)12-7(10)6-11-5-4-9/h4-6H2,1-3H3;9H,4-6H2,1-3H3.